The van der Waals surface area contributed by atoms with Crippen LogP contribution < -0.4 is 20.1 Å². The van der Waals surface area contributed by atoms with E-state index in [2.05, 4.69) is 20.8 Å². The fourth-order valence-corrected chi connectivity index (χ4v) is 2.32. The van der Waals surface area contributed by atoms with E-state index in [9.17, 15) is 4.79 Å². The van der Waals surface area contributed by atoms with Gasteiger partial charge in [-0.15, -0.1) is 10.2 Å². The Kier molecular flexibility index (Phi) is 6.38. The lowest BCUT2D eigenvalue weighted by atomic mass is 10.1. The molecule has 2 aromatic rings. The Labute approximate surface area is 154 Å². The maximum absolute atomic E-state index is 12.0. The number of nitrogens with zero attached hydrogens (tertiary/aromatic N) is 2. The Morgan fingerprint density at radius 3 is 2.35 bits per heavy atom. The van der Waals surface area contributed by atoms with Crippen molar-refractivity contribution in [2.75, 3.05) is 26.1 Å². The second kappa shape index (κ2) is 8.51. The van der Waals surface area contributed by atoms with Crippen LogP contribution in [0, 0.1) is 0 Å². The summed E-state index contributed by atoms with van der Waals surface area (Å²) >= 11 is 0. The molecular formula is C19H26N4O3. The highest BCUT2D eigenvalue weighted by Crippen LogP contribution is 2.27. The lowest BCUT2D eigenvalue weighted by Crippen LogP contribution is -2.41. The third-order valence-corrected chi connectivity index (χ3v) is 3.55. The molecule has 1 aromatic heterocycles. The van der Waals surface area contributed by atoms with Crippen molar-refractivity contribution in [3.8, 4) is 11.5 Å². The first-order valence-corrected chi connectivity index (χ1v) is 8.43. The molecule has 0 atom stereocenters. The van der Waals surface area contributed by atoms with Gasteiger partial charge in [-0.3, -0.25) is 4.79 Å². The molecule has 0 aliphatic heterocycles. The first kappa shape index (κ1) is 19.5. The molecule has 0 fully saturated rings. The Hall–Kier alpha value is -2.83. The quantitative estimate of drug-likeness (QED) is 0.791. The van der Waals surface area contributed by atoms with Crippen molar-refractivity contribution in [3.63, 3.8) is 0 Å². The van der Waals surface area contributed by atoms with E-state index in [1.54, 1.807) is 26.4 Å². The van der Waals surface area contributed by atoms with Crippen molar-refractivity contribution in [1.82, 2.24) is 15.5 Å². The summed E-state index contributed by atoms with van der Waals surface area (Å²) in [4.78, 5) is 12.0. The number of aromatic nitrogens is 2. The van der Waals surface area contributed by atoms with E-state index in [4.69, 9.17) is 9.47 Å². The van der Waals surface area contributed by atoms with E-state index in [1.165, 1.54) is 0 Å². The van der Waals surface area contributed by atoms with Crippen molar-refractivity contribution in [2.24, 2.45) is 0 Å². The first-order chi connectivity index (χ1) is 12.3. The summed E-state index contributed by atoms with van der Waals surface area (Å²) in [6, 6.07) is 9.24. The Morgan fingerprint density at radius 2 is 1.77 bits per heavy atom. The van der Waals surface area contributed by atoms with E-state index in [-0.39, 0.29) is 11.4 Å². The fraction of sp³-hybridized carbons (Fsp3) is 0.421. The van der Waals surface area contributed by atoms with Crippen molar-refractivity contribution >= 4 is 11.7 Å². The summed E-state index contributed by atoms with van der Waals surface area (Å²) in [6.07, 6.45) is 0.786. The van der Waals surface area contributed by atoms with E-state index < -0.39 is 0 Å². The predicted octanol–water partition coefficient (Wildman–Crippen LogP) is 2.68. The summed E-state index contributed by atoms with van der Waals surface area (Å²) in [7, 11) is 3.23. The molecule has 1 amide bonds. The van der Waals surface area contributed by atoms with Crippen molar-refractivity contribution in [1.29, 1.82) is 0 Å². The van der Waals surface area contributed by atoms with Crippen LogP contribution in [0.5, 0.6) is 11.5 Å². The van der Waals surface area contributed by atoms with E-state index in [0.717, 1.165) is 12.0 Å². The van der Waals surface area contributed by atoms with Gasteiger partial charge in [-0.05, 0) is 57.0 Å². The third kappa shape index (κ3) is 5.61. The molecule has 0 saturated heterocycles. The summed E-state index contributed by atoms with van der Waals surface area (Å²) < 4.78 is 10.5. The second-order valence-electron chi connectivity index (χ2n) is 6.87. The Balaban J connectivity index is 1.89. The molecule has 0 spiro atoms. The summed E-state index contributed by atoms with van der Waals surface area (Å²) in [6.45, 7) is 6.44. The van der Waals surface area contributed by atoms with Crippen molar-refractivity contribution in [2.45, 2.75) is 32.7 Å². The molecule has 26 heavy (non-hydrogen) atoms. The van der Waals surface area contributed by atoms with Gasteiger partial charge >= 0.3 is 0 Å². The highest BCUT2D eigenvalue weighted by molar-refractivity contribution is 5.92. The zero-order valence-corrected chi connectivity index (χ0v) is 15.9. The zero-order valence-electron chi connectivity index (χ0n) is 15.9. The summed E-state index contributed by atoms with van der Waals surface area (Å²) in [5, 5.41) is 14.1. The van der Waals surface area contributed by atoms with E-state index in [1.807, 2.05) is 39.0 Å². The molecule has 1 heterocycles. The van der Waals surface area contributed by atoms with Gasteiger partial charge in [0.15, 0.2) is 17.2 Å². The number of amides is 1. The van der Waals surface area contributed by atoms with Crippen LogP contribution in [0.15, 0.2) is 30.3 Å². The molecular weight excluding hydrogens is 332 g/mol. The fourth-order valence-electron chi connectivity index (χ4n) is 2.32. The molecule has 2 N–H and O–H groups in total. The molecule has 0 aliphatic carbocycles. The van der Waals surface area contributed by atoms with Crippen LogP contribution in [0.4, 0.5) is 5.82 Å². The average Bonchev–Trinajstić information content (AvgIpc) is 2.60. The predicted molar refractivity (Wildman–Crippen MR) is 101 cm³/mol. The number of carbonyl (C=O) groups is 1. The van der Waals surface area contributed by atoms with E-state index in [0.29, 0.717) is 29.6 Å². The minimum Gasteiger partial charge on any atom is -0.493 e. The smallest absolute Gasteiger partial charge is 0.272 e. The maximum Gasteiger partial charge on any atom is 0.272 e. The van der Waals surface area contributed by atoms with Gasteiger partial charge in [0.25, 0.3) is 5.91 Å². The number of anilines is 1. The van der Waals surface area contributed by atoms with Gasteiger partial charge in [0.2, 0.25) is 0 Å². The molecule has 0 bridgehead atoms. The average molecular weight is 358 g/mol. The standard InChI is InChI=1S/C19H26N4O3/c1-19(2,3)21-18(24)14-7-9-17(23-22-14)20-11-10-13-6-8-15(25-4)16(12-13)26-5/h6-9,12H,10-11H2,1-5H3,(H,20,23)(H,21,24). The Morgan fingerprint density at radius 1 is 1.04 bits per heavy atom. The van der Waals surface area contributed by atoms with Gasteiger partial charge in [0.1, 0.15) is 5.82 Å². The Bertz CT molecular complexity index is 739. The minimum atomic E-state index is -0.310. The number of methoxy groups -OCH3 is 2. The normalized spacial score (nSPS) is 11.0. The second-order valence-corrected chi connectivity index (χ2v) is 6.87. The largest absolute Gasteiger partial charge is 0.493 e. The molecule has 0 radical (unpaired) electrons. The van der Waals surface area contributed by atoms with Gasteiger partial charge in [0, 0.05) is 12.1 Å². The molecule has 0 saturated carbocycles. The van der Waals surface area contributed by atoms with Gasteiger partial charge in [0.05, 0.1) is 14.2 Å². The van der Waals surface area contributed by atoms with Crippen LogP contribution in [0.2, 0.25) is 0 Å². The zero-order chi connectivity index (χ0) is 19.2. The SMILES string of the molecule is COc1ccc(CCNc2ccc(C(=O)NC(C)(C)C)nn2)cc1OC. The maximum atomic E-state index is 12.0. The highest BCUT2D eigenvalue weighted by atomic mass is 16.5. The lowest BCUT2D eigenvalue weighted by molar-refractivity contribution is 0.0913. The molecule has 140 valence electrons. The monoisotopic (exact) mass is 358 g/mol. The van der Waals surface area contributed by atoms with Crippen molar-refractivity contribution in [3.05, 3.63) is 41.6 Å². The van der Waals surface area contributed by atoms with Gasteiger partial charge in [-0.1, -0.05) is 6.07 Å². The van der Waals surface area contributed by atoms with E-state index >= 15 is 0 Å². The van der Waals surface area contributed by atoms with Crippen LogP contribution in [-0.4, -0.2) is 42.4 Å². The number of nitrogens with one attached hydrogen (secondary N) is 2. The van der Waals surface area contributed by atoms with Crippen molar-refractivity contribution < 1.29 is 14.3 Å². The number of rotatable bonds is 7. The first-order valence-electron chi connectivity index (χ1n) is 8.43. The van der Waals surface area contributed by atoms with Crippen LogP contribution in [-0.2, 0) is 6.42 Å². The number of benzene rings is 1. The molecule has 2 rings (SSSR count). The molecule has 1 aromatic carbocycles. The number of hydrogen-bond acceptors (Lipinski definition) is 6. The van der Waals surface area contributed by atoms with Gasteiger partial charge in [-0.25, -0.2) is 0 Å². The minimum absolute atomic E-state index is 0.234. The van der Waals surface area contributed by atoms with Crippen LogP contribution in [0.25, 0.3) is 0 Å². The summed E-state index contributed by atoms with van der Waals surface area (Å²) in [5.41, 5.74) is 1.10. The molecule has 7 heteroatoms. The number of ether oxygens (including phenoxy) is 2. The van der Waals surface area contributed by atoms with Crippen LogP contribution >= 0.6 is 0 Å². The highest BCUT2D eigenvalue weighted by Gasteiger charge is 2.16. The third-order valence-electron chi connectivity index (χ3n) is 3.55. The molecule has 0 aliphatic rings. The van der Waals surface area contributed by atoms with Gasteiger partial charge < -0.3 is 20.1 Å². The van der Waals surface area contributed by atoms with Crippen LogP contribution in [0.1, 0.15) is 36.8 Å². The number of carbonyl (C=O) groups excluding carboxylic acids is 1. The lowest BCUT2D eigenvalue weighted by Gasteiger charge is -2.19. The summed E-state index contributed by atoms with van der Waals surface area (Å²) in [5.74, 6) is 1.80. The molecule has 7 nitrogen and oxygen atoms in total. The van der Waals surface area contributed by atoms with Crippen LogP contribution in [0.3, 0.4) is 0 Å². The molecule has 0 unspecified atom stereocenters. The topological polar surface area (TPSA) is 85.4 Å². The van der Waals surface area contributed by atoms with Gasteiger partial charge in [-0.2, -0.15) is 0 Å². The number of hydrogen-bond donors (Lipinski definition) is 2.